The van der Waals surface area contributed by atoms with Crippen molar-refractivity contribution in [3.8, 4) is 0 Å². The van der Waals surface area contributed by atoms with Crippen LogP contribution in [0, 0.1) is 13.8 Å². The molecule has 0 aliphatic heterocycles. The lowest BCUT2D eigenvalue weighted by atomic mass is 10.2. The zero-order valence-electron chi connectivity index (χ0n) is 10.7. The van der Waals surface area contributed by atoms with Gasteiger partial charge in [-0.3, -0.25) is 9.71 Å². The number of hydrogen-bond acceptors (Lipinski definition) is 5. The Morgan fingerprint density at radius 2 is 2.05 bits per heavy atom. The molecular weight excluding hydrogens is 284 g/mol. The molecule has 0 atom stereocenters. The van der Waals surface area contributed by atoms with E-state index >= 15 is 0 Å². The van der Waals surface area contributed by atoms with E-state index in [-0.39, 0.29) is 27.7 Å². The third kappa shape index (κ3) is 2.48. The van der Waals surface area contributed by atoms with Crippen LogP contribution >= 0.6 is 0 Å². The second-order valence-corrected chi connectivity index (χ2v) is 5.70. The molecule has 2 aromatic rings. The first-order chi connectivity index (χ1) is 9.33. The number of aromatic nitrogens is 3. The van der Waals surface area contributed by atoms with E-state index in [1.165, 1.54) is 32.4 Å². The number of aryl methyl sites for hydroxylation is 1. The summed E-state index contributed by atoms with van der Waals surface area (Å²) in [7, 11) is -3.93. The number of hydrogen-bond donors (Lipinski definition) is 3. The Kier molecular flexibility index (Phi) is 3.45. The zero-order chi connectivity index (χ0) is 14.9. The molecule has 0 radical (unpaired) electrons. The highest BCUT2D eigenvalue weighted by molar-refractivity contribution is 7.92. The van der Waals surface area contributed by atoms with Crippen molar-refractivity contribution < 1.29 is 18.3 Å². The van der Waals surface area contributed by atoms with Crippen molar-refractivity contribution in [1.82, 2.24) is 15.0 Å². The Labute approximate surface area is 114 Å². The number of carboxylic acids is 1. The molecule has 0 aromatic carbocycles. The number of carboxylic acid groups (broad SMARTS) is 1. The zero-order valence-corrected chi connectivity index (χ0v) is 11.5. The predicted molar refractivity (Wildman–Crippen MR) is 70.1 cm³/mol. The first-order valence-electron chi connectivity index (χ1n) is 5.54. The van der Waals surface area contributed by atoms with E-state index in [9.17, 15) is 13.2 Å². The average molecular weight is 296 g/mol. The fourth-order valence-electron chi connectivity index (χ4n) is 1.89. The van der Waals surface area contributed by atoms with Crippen molar-refractivity contribution in [3.63, 3.8) is 0 Å². The van der Waals surface area contributed by atoms with E-state index in [1.807, 2.05) is 0 Å². The monoisotopic (exact) mass is 296 g/mol. The van der Waals surface area contributed by atoms with Gasteiger partial charge in [-0.1, -0.05) is 0 Å². The van der Waals surface area contributed by atoms with Gasteiger partial charge < -0.3 is 10.1 Å². The van der Waals surface area contributed by atoms with Gasteiger partial charge >= 0.3 is 5.97 Å². The van der Waals surface area contributed by atoms with Crippen LogP contribution in [-0.4, -0.2) is 34.4 Å². The highest BCUT2D eigenvalue weighted by Crippen LogP contribution is 2.24. The van der Waals surface area contributed by atoms with Crippen molar-refractivity contribution >= 4 is 21.8 Å². The summed E-state index contributed by atoms with van der Waals surface area (Å²) in [5.74, 6) is -1.16. The van der Waals surface area contributed by atoms with Crippen LogP contribution in [0.5, 0.6) is 0 Å². The van der Waals surface area contributed by atoms with Crippen LogP contribution in [0.15, 0.2) is 23.5 Å². The molecule has 0 aliphatic carbocycles. The molecule has 9 heteroatoms. The van der Waals surface area contributed by atoms with Crippen LogP contribution in [0.4, 0.5) is 5.82 Å². The number of H-pyrrole nitrogens is 1. The topological polar surface area (TPSA) is 125 Å². The van der Waals surface area contributed by atoms with Crippen molar-refractivity contribution in [2.45, 2.75) is 18.7 Å². The maximum absolute atomic E-state index is 12.3. The maximum atomic E-state index is 12.3. The summed E-state index contributed by atoms with van der Waals surface area (Å²) in [5, 5.41) is 8.99. The molecule has 2 heterocycles. The average Bonchev–Trinajstić information content (AvgIpc) is 2.66. The van der Waals surface area contributed by atoms with E-state index in [0.29, 0.717) is 0 Å². The quantitative estimate of drug-likeness (QED) is 0.770. The Hall–Kier alpha value is -2.42. The Morgan fingerprint density at radius 3 is 2.55 bits per heavy atom. The number of nitrogens with one attached hydrogen (secondary N) is 2. The SMILES string of the molecule is Cc1[nH]c(C(=O)O)c(C)c1S(=O)(=O)Nc1cnccn1. The van der Waals surface area contributed by atoms with Gasteiger partial charge in [0.2, 0.25) is 0 Å². The third-order valence-electron chi connectivity index (χ3n) is 2.65. The number of aromatic amines is 1. The Bertz CT molecular complexity index is 752. The molecule has 0 unspecified atom stereocenters. The molecule has 0 bridgehead atoms. The van der Waals surface area contributed by atoms with Gasteiger partial charge in [0.05, 0.1) is 6.20 Å². The van der Waals surface area contributed by atoms with Crippen molar-refractivity contribution in [2.75, 3.05) is 4.72 Å². The summed E-state index contributed by atoms with van der Waals surface area (Å²) in [6.07, 6.45) is 4.01. The van der Waals surface area contributed by atoms with E-state index in [4.69, 9.17) is 5.11 Å². The lowest BCUT2D eigenvalue weighted by molar-refractivity contribution is 0.0690. The maximum Gasteiger partial charge on any atom is 0.352 e. The lowest BCUT2D eigenvalue weighted by Crippen LogP contribution is -2.15. The summed E-state index contributed by atoms with van der Waals surface area (Å²) < 4.78 is 26.8. The third-order valence-corrected chi connectivity index (χ3v) is 4.28. The number of carbonyl (C=O) groups is 1. The summed E-state index contributed by atoms with van der Waals surface area (Å²) in [6.45, 7) is 2.92. The molecule has 0 fully saturated rings. The van der Waals surface area contributed by atoms with E-state index < -0.39 is 16.0 Å². The first kappa shape index (κ1) is 14.0. The second kappa shape index (κ2) is 4.93. The summed E-state index contributed by atoms with van der Waals surface area (Å²) >= 11 is 0. The minimum atomic E-state index is -3.93. The van der Waals surface area contributed by atoms with Crippen molar-refractivity contribution in [3.05, 3.63) is 35.5 Å². The van der Waals surface area contributed by atoms with Crippen LogP contribution in [0.3, 0.4) is 0 Å². The molecule has 20 heavy (non-hydrogen) atoms. The molecule has 106 valence electrons. The predicted octanol–water partition coefficient (Wildman–Crippen LogP) is 0.921. The minimum absolute atomic E-state index is 0.0596. The lowest BCUT2D eigenvalue weighted by Gasteiger charge is -2.07. The number of anilines is 1. The summed E-state index contributed by atoms with van der Waals surface area (Å²) in [5.41, 5.74) is 0.240. The number of nitrogens with zero attached hydrogens (tertiary/aromatic N) is 2. The van der Waals surface area contributed by atoms with Gasteiger partial charge in [0, 0.05) is 23.7 Å². The van der Waals surface area contributed by atoms with E-state index in [1.54, 1.807) is 0 Å². The molecule has 0 spiro atoms. The minimum Gasteiger partial charge on any atom is -0.477 e. The number of aromatic carboxylic acids is 1. The van der Waals surface area contributed by atoms with Gasteiger partial charge in [0.15, 0.2) is 5.82 Å². The normalized spacial score (nSPS) is 11.3. The summed E-state index contributed by atoms with van der Waals surface area (Å²) in [4.78, 5) is 21.0. The smallest absolute Gasteiger partial charge is 0.352 e. The van der Waals surface area contributed by atoms with Crippen LogP contribution in [0.2, 0.25) is 0 Å². The molecular formula is C11H12N4O4S. The van der Waals surface area contributed by atoms with Gasteiger partial charge in [-0.2, -0.15) is 0 Å². The largest absolute Gasteiger partial charge is 0.477 e. The van der Waals surface area contributed by atoms with Crippen LogP contribution in [-0.2, 0) is 10.0 Å². The number of sulfonamides is 1. The molecule has 2 aromatic heterocycles. The second-order valence-electron chi connectivity index (χ2n) is 4.08. The molecule has 8 nitrogen and oxygen atoms in total. The van der Waals surface area contributed by atoms with Crippen molar-refractivity contribution in [2.24, 2.45) is 0 Å². The first-order valence-corrected chi connectivity index (χ1v) is 7.02. The standard InChI is InChI=1S/C11H12N4O4S/c1-6-9(11(16)17)14-7(2)10(6)20(18,19)15-8-5-12-3-4-13-8/h3-5,14H,1-2H3,(H,13,15)(H,16,17). The van der Waals surface area contributed by atoms with Gasteiger partial charge in [-0.15, -0.1) is 0 Å². The molecule has 0 amide bonds. The highest BCUT2D eigenvalue weighted by Gasteiger charge is 2.26. The van der Waals surface area contributed by atoms with Gasteiger partial charge in [-0.25, -0.2) is 18.2 Å². The van der Waals surface area contributed by atoms with Crippen LogP contribution in [0.25, 0.3) is 0 Å². The van der Waals surface area contributed by atoms with Gasteiger partial charge in [0.25, 0.3) is 10.0 Å². The van der Waals surface area contributed by atoms with E-state index in [0.717, 1.165) is 0 Å². The van der Waals surface area contributed by atoms with Crippen LogP contribution < -0.4 is 4.72 Å². The number of rotatable bonds is 4. The van der Waals surface area contributed by atoms with Gasteiger partial charge in [0.1, 0.15) is 10.6 Å². The molecule has 2 rings (SSSR count). The highest BCUT2D eigenvalue weighted by atomic mass is 32.2. The fraction of sp³-hybridized carbons (Fsp3) is 0.182. The Balaban J connectivity index is 2.48. The molecule has 0 aliphatic rings. The van der Waals surface area contributed by atoms with Gasteiger partial charge in [-0.05, 0) is 13.8 Å². The van der Waals surface area contributed by atoms with Crippen LogP contribution in [0.1, 0.15) is 21.7 Å². The summed E-state index contributed by atoms with van der Waals surface area (Å²) in [6, 6.07) is 0. The molecule has 3 N–H and O–H groups in total. The fourth-order valence-corrected chi connectivity index (χ4v) is 3.33. The van der Waals surface area contributed by atoms with Crippen molar-refractivity contribution in [1.29, 1.82) is 0 Å². The Morgan fingerprint density at radius 1 is 1.35 bits per heavy atom. The molecule has 0 saturated carbocycles. The van der Waals surface area contributed by atoms with E-state index in [2.05, 4.69) is 19.7 Å². The molecule has 0 saturated heterocycles.